The Balaban J connectivity index is 2.55. The third-order valence-electron chi connectivity index (χ3n) is 3.14. The monoisotopic (exact) mass is 337 g/mol. The Morgan fingerprint density at radius 1 is 1.27 bits per heavy atom. The molecule has 0 saturated heterocycles. The number of benzene rings is 1. The second kappa shape index (κ2) is 5.28. The van der Waals surface area contributed by atoms with Crippen molar-refractivity contribution in [3.8, 4) is 5.75 Å². The van der Waals surface area contributed by atoms with Gasteiger partial charge in [-0.25, -0.2) is 9.29 Å². The second-order valence-electron chi connectivity index (χ2n) is 4.59. The van der Waals surface area contributed by atoms with Gasteiger partial charge in [-0.3, -0.25) is 9.59 Å². The number of halogens is 5. The van der Waals surface area contributed by atoms with Crippen LogP contribution in [0.3, 0.4) is 0 Å². The summed E-state index contributed by atoms with van der Waals surface area (Å²) in [5.74, 6) is -6.02. The molecule has 0 bridgehead atoms. The first-order valence-corrected chi connectivity index (χ1v) is 6.26. The van der Waals surface area contributed by atoms with E-state index in [2.05, 4.69) is 0 Å². The molecule has 4 nitrogen and oxygen atoms in total. The Morgan fingerprint density at radius 3 is 2.41 bits per heavy atom. The lowest BCUT2D eigenvalue weighted by atomic mass is 9.94. The van der Waals surface area contributed by atoms with E-state index in [0.717, 1.165) is 6.92 Å². The van der Waals surface area contributed by atoms with E-state index in [1.807, 2.05) is 0 Å². The highest BCUT2D eigenvalue weighted by Crippen LogP contribution is 2.38. The fourth-order valence-electron chi connectivity index (χ4n) is 2.02. The molecule has 22 heavy (non-hydrogen) atoms. The molecule has 2 amide bonds. The smallest absolute Gasteiger partial charge is 0.413 e. The molecule has 0 spiro atoms. The van der Waals surface area contributed by atoms with Crippen LogP contribution in [0.25, 0.3) is 0 Å². The maximum Gasteiger partial charge on any atom is 0.413 e. The van der Waals surface area contributed by atoms with Crippen LogP contribution < -0.4 is 4.90 Å². The van der Waals surface area contributed by atoms with Gasteiger partial charge in [0, 0.05) is 12.1 Å². The molecule has 2 rings (SSSR count). The van der Waals surface area contributed by atoms with Gasteiger partial charge in [0.25, 0.3) is 5.91 Å². The third kappa shape index (κ3) is 2.66. The van der Waals surface area contributed by atoms with E-state index in [1.54, 1.807) is 0 Å². The Hall–Kier alpha value is -2.09. The number of phenols is 1. The fourth-order valence-corrected chi connectivity index (χ4v) is 2.17. The zero-order valence-corrected chi connectivity index (χ0v) is 11.7. The van der Waals surface area contributed by atoms with E-state index in [9.17, 15) is 32.3 Å². The summed E-state index contributed by atoms with van der Waals surface area (Å²) in [6.45, 7) is 0.953. The molecule has 0 aromatic heterocycles. The molecule has 118 valence electrons. The van der Waals surface area contributed by atoms with E-state index in [-0.39, 0.29) is 16.0 Å². The SMILES string of the molecule is CC1C(=O)N(c2cc(O)c(Cl)cc2F)C(=O)C=C1C(F)(F)F. The quantitative estimate of drug-likeness (QED) is 0.632. The Kier molecular flexibility index (Phi) is 3.90. The number of alkyl halides is 3. The van der Waals surface area contributed by atoms with E-state index in [4.69, 9.17) is 11.6 Å². The minimum absolute atomic E-state index is 0.233. The molecule has 1 aliphatic heterocycles. The largest absolute Gasteiger partial charge is 0.506 e. The van der Waals surface area contributed by atoms with Crippen LogP contribution in [0.2, 0.25) is 5.02 Å². The lowest BCUT2D eigenvalue weighted by molar-refractivity contribution is -0.134. The van der Waals surface area contributed by atoms with Gasteiger partial charge in [-0.1, -0.05) is 11.6 Å². The van der Waals surface area contributed by atoms with Crippen molar-refractivity contribution in [3.63, 3.8) is 0 Å². The Bertz CT molecular complexity index is 699. The van der Waals surface area contributed by atoms with Crippen molar-refractivity contribution >= 4 is 29.1 Å². The average molecular weight is 338 g/mol. The second-order valence-corrected chi connectivity index (χ2v) is 4.99. The predicted molar refractivity (Wildman–Crippen MR) is 68.9 cm³/mol. The third-order valence-corrected chi connectivity index (χ3v) is 3.44. The van der Waals surface area contributed by atoms with E-state index < -0.39 is 46.7 Å². The first-order valence-electron chi connectivity index (χ1n) is 5.88. The summed E-state index contributed by atoms with van der Waals surface area (Å²) in [6, 6.07) is 1.35. The fraction of sp³-hybridized carbons (Fsp3) is 0.231. The summed E-state index contributed by atoms with van der Waals surface area (Å²) in [5, 5.41) is 9.07. The maximum atomic E-state index is 13.8. The minimum atomic E-state index is -4.85. The first-order chi connectivity index (χ1) is 10.0. The number of aromatic hydroxyl groups is 1. The van der Waals surface area contributed by atoms with Crippen LogP contribution in [0.5, 0.6) is 5.75 Å². The van der Waals surface area contributed by atoms with E-state index >= 15 is 0 Å². The molecule has 1 atom stereocenters. The van der Waals surface area contributed by atoms with Gasteiger partial charge >= 0.3 is 6.18 Å². The van der Waals surface area contributed by atoms with Crippen LogP contribution in [0.4, 0.5) is 23.2 Å². The van der Waals surface area contributed by atoms with Gasteiger partial charge < -0.3 is 5.11 Å². The van der Waals surface area contributed by atoms with Crippen molar-refractivity contribution in [2.24, 2.45) is 5.92 Å². The molecule has 1 N–H and O–H groups in total. The molecular formula is C13H8ClF4NO3. The standard InChI is InChI=1S/C13H8ClF4NO3/c1-5-6(13(16,17)18)2-11(21)19(12(5)22)9-4-10(20)7(14)3-8(9)15/h2-5,20H,1H3. The van der Waals surface area contributed by atoms with Crippen LogP contribution in [-0.4, -0.2) is 23.1 Å². The zero-order valence-electron chi connectivity index (χ0n) is 10.9. The number of rotatable bonds is 1. The molecule has 0 saturated carbocycles. The van der Waals surface area contributed by atoms with Gasteiger partial charge in [-0.05, 0) is 13.0 Å². The minimum Gasteiger partial charge on any atom is -0.506 e. The lowest BCUT2D eigenvalue weighted by Crippen LogP contribution is -2.46. The topological polar surface area (TPSA) is 57.6 Å². The van der Waals surface area contributed by atoms with Crippen LogP contribution in [0.15, 0.2) is 23.8 Å². The number of hydrogen-bond acceptors (Lipinski definition) is 3. The summed E-state index contributed by atoms with van der Waals surface area (Å²) in [7, 11) is 0. The summed E-state index contributed by atoms with van der Waals surface area (Å²) in [4.78, 5) is 24.1. The molecule has 1 aliphatic rings. The number of amides is 2. The van der Waals surface area contributed by atoms with Crippen molar-refractivity contribution in [3.05, 3.63) is 34.6 Å². The summed E-state index contributed by atoms with van der Waals surface area (Å²) < 4.78 is 52.1. The molecular weight excluding hydrogens is 330 g/mol. The number of anilines is 1. The molecule has 1 aromatic carbocycles. The van der Waals surface area contributed by atoms with Crippen LogP contribution in [-0.2, 0) is 9.59 Å². The van der Waals surface area contributed by atoms with Crippen LogP contribution >= 0.6 is 11.6 Å². The van der Waals surface area contributed by atoms with Crippen molar-refractivity contribution in [1.29, 1.82) is 0 Å². The highest BCUT2D eigenvalue weighted by Gasteiger charge is 2.46. The maximum absolute atomic E-state index is 13.8. The molecule has 0 aliphatic carbocycles. The van der Waals surface area contributed by atoms with Gasteiger partial charge in [-0.2, -0.15) is 13.2 Å². The zero-order chi connectivity index (χ0) is 16.8. The summed E-state index contributed by atoms with van der Waals surface area (Å²) in [6.07, 6.45) is -4.62. The molecule has 9 heteroatoms. The molecule has 0 radical (unpaired) electrons. The van der Waals surface area contributed by atoms with Crippen molar-refractivity contribution < 1.29 is 32.3 Å². The first kappa shape index (κ1) is 16.3. The van der Waals surface area contributed by atoms with Crippen LogP contribution in [0.1, 0.15) is 6.92 Å². The van der Waals surface area contributed by atoms with Gasteiger partial charge in [-0.15, -0.1) is 0 Å². The number of carbonyl (C=O) groups excluding carboxylic acids is 2. The number of imide groups is 1. The number of phenolic OH excluding ortho intramolecular Hbond substituents is 1. The van der Waals surface area contributed by atoms with Gasteiger partial charge in [0.05, 0.1) is 22.2 Å². The number of nitrogens with zero attached hydrogens (tertiary/aromatic N) is 1. The van der Waals surface area contributed by atoms with Gasteiger partial charge in [0.1, 0.15) is 11.6 Å². The number of carbonyl (C=O) groups is 2. The highest BCUT2D eigenvalue weighted by atomic mass is 35.5. The highest BCUT2D eigenvalue weighted by molar-refractivity contribution is 6.32. The molecule has 1 heterocycles. The van der Waals surface area contributed by atoms with Crippen molar-refractivity contribution in [2.75, 3.05) is 4.90 Å². The Labute approximate surface area is 126 Å². The normalized spacial score (nSPS) is 19.5. The molecule has 0 fully saturated rings. The van der Waals surface area contributed by atoms with E-state index in [0.29, 0.717) is 12.1 Å². The summed E-state index contributed by atoms with van der Waals surface area (Å²) in [5.41, 5.74) is -1.97. The summed E-state index contributed by atoms with van der Waals surface area (Å²) >= 11 is 5.47. The van der Waals surface area contributed by atoms with Crippen LogP contribution in [0, 0.1) is 11.7 Å². The number of hydrogen-bond donors (Lipinski definition) is 1. The van der Waals surface area contributed by atoms with Crippen molar-refractivity contribution in [2.45, 2.75) is 13.1 Å². The molecule has 1 unspecified atom stereocenters. The molecule has 1 aromatic rings. The average Bonchev–Trinajstić information content (AvgIpc) is 2.38. The van der Waals surface area contributed by atoms with E-state index in [1.165, 1.54) is 0 Å². The Morgan fingerprint density at radius 2 is 1.86 bits per heavy atom. The van der Waals surface area contributed by atoms with Crippen molar-refractivity contribution in [1.82, 2.24) is 0 Å². The lowest BCUT2D eigenvalue weighted by Gasteiger charge is -2.30. The van der Waals surface area contributed by atoms with Gasteiger partial charge in [0.15, 0.2) is 0 Å². The predicted octanol–water partition coefficient (Wildman–Crippen LogP) is 3.18. The van der Waals surface area contributed by atoms with Gasteiger partial charge in [0.2, 0.25) is 5.91 Å².